The molecule has 0 saturated carbocycles. The third kappa shape index (κ3) is 2.80. The van der Waals surface area contributed by atoms with Crippen molar-refractivity contribution in [3.8, 4) is 16.9 Å². The predicted molar refractivity (Wildman–Crippen MR) is 103 cm³/mol. The van der Waals surface area contributed by atoms with Crippen LogP contribution in [0.1, 0.15) is 11.1 Å². The molecule has 0 bridgehead atoms. The second-order valence-electron chi connectivity index (χ2n) is 6.06. The van der Waals surface area contributed by atoms with Crippen molar-refractivity contribution < 1.29 is 15.0 Å². The summed E-state index contributed by atoms with van der Waals surface area (Å²) in [5, 5.41) is 36.3. The number of aromatic hydroxyl groups is 1. The Labute approximate surface area is 157 Å². The lowest BCUT2D eigenvalue weighted by atomic mass is 10.1. The summed E-state index contributed by atoms with van der Waals surface area (Å²) >= 11 is 0. The van der Waals surface area contributed by atoms with Crippen molar-refractivity contribution >= 4 is 22.8 Å². The maximum Gasteiger partial charge on any atom is 0.301 e. The van der Waals surface area contributed by atoms with E-state index in [-0.39, 0.29) is 17.1 Å². The molecule has 0 spiro atoms. The number of nitro benzene ring substituents is 2. The average molecular weight is 376 g/mol. The number of anilines is 1. The normalized spacial score (nSPS) is 13.1. The van der Waals surface area contributed by atoms with Gasteiger partial charge in [0.15, 0.2) is 0 Å². The zero-order valence-corrected chi connectivity index (χ0v) is 14.2. The zero-order valence-electron chi connectivity index (χ0n) is 14.2. The Morgan fingerprint density at radius 2 is 1.54 bits per heavy atom. The van der Waals surface area contributed by atoms with E-state index < -0.39 is 15.5 Å². The van der Waals surface area contributed by atoms with Gasteiger partial charge in [-0.15, -0.1) is 0 Å². The first-order valence-electron chi connectivity index (χ1n) is 8.15. The fourth-order valence-corrected chi connectivity index (χ4v) is 3.15. The van der Waals surface area contributed by atoms with Crippen molar-refractivity contribution in [3.63, 3.8) is 0 Å². The van der Waals surface area contributed by atoms with Crippen LogP contribution in [0.2, 0.25) is 0 Å². The van der Waals surface area contributed by atoms with Crippen LogP contribution in [-0.2, 0) is 0 Å². The molecule has 0 heterocycles. The summed E-state index contributed by atoms with van der Waals surface area (Å²) in [6.07, 6.45) is 0. The van der Waals surface area contributed by atoms with Crippen LogP contribution in [-0.4, -0.2) is 20.7 Å². The Bertz CT molecular complexity index is 1170. The summed E-state index contributed by atoms with van der Waals surface area (Å²) in [7, 11) is 0. The summed E-state index contributed by atoms with van der Waals surface area (Å²) < 4.78 is 0. The summed E-state index contributed by atoms with van der Waals surface area (Å²) in [5.41, 5.74) is 5.63. The maximum absolute atomic E-state index is 11.3. The van der Waals surface area contributed by atoms with Crippen molar-refractivity contribution in [1.82, 2.24) is 0 Å². The maximum atomic E-state index is 11.3. The lowest BCUT2D eigenvalue weighted by Gasteiger charge is -2.05. The van der Waals surface area contributed by atoms with Gasteiger partial charge in [0, 0.05) is 17.2 Å². The Hall–Kier alpha value is -4.27. The minimum Gasteiger partial charge on any atom is -0.508 e. The molecule has 28 heavy (non-hydrogen) atoms. The van der Waals surface area contributed by atoms with Crippen LogP contribution in [0.5, 0.6) is 5.75 Å². The van der Waals surface area contributed by atoms with Crippen LogP contribution in [0.3, 0.4) is 0 Å². The largest absolute Gasteiger partial charge is 0.508 e. The molecule has 0 amide bonds. The lowest BCUT2D eigenvalue weighted by Crippen LogP contribution is -2.04. The smallest absolute Gasteiger partial charge is 0.301 e. The van der Waals surface area contributed by atoms with E-state index in [1.807, 2.05) is 24.3 Å². The second kappa shape index (κ2) is 6.47. The Morgan fingerprint density at radius 1 is 0.821 bits per heavy atom. The van der Waals surface area contributed by atoms with Crippen molar-refractivity contribution in [2.45, 2.75) is 0 Å². The molecule has 138 valence electrons. The lowest BCUT2D eigenvalue weighted by molar-refractivity contribution is -0.393. The van der Waals surface area contributed by atoms with E-state index in [1.165, 1.54) is 6.07 Å². The molecule has 9 heteroatoms. The molecular formula is C19H12N4O5. The molecule has 1 aliphatic rings. The third-order valence-electron chi connectivity index (χ3n) is 4.41. The zero-order chi connectivity index (χ0) is 19.8. The van der Waals surface area contributed by atoms with E-state index in [2.05, 4.69) is 10.5 Å². The molecule has 3 aromatic rings. The topological polar surface area (TPSA) is 131 Å². The van der Waals surface area contributed by atoms with Gasteiger partial charge in [0.2, 0.25) is 0 Å². The van der Waals surface area contributed by atoms with Crippen LogP contribution in [0.4, 0.5) is 17.1 Å². The van der Waals surface area contributed by atoms with Crippen molar-refractivity contribution in [2.24, 2.45) is 5.10 Å². The van der Waals surface area contributed by atoms with Gasteiger partial charge in [-0.05, 0) is 29.3 Å². The summed E-state index contributed by atoms with van der Waals surface area (Å²) in [6.45, 7) is 0. The van der Waals surface area contributed by atoms with Crippen LogP contribution in [0, 0.1) is 20.2 Å². The first-order chi connectivity index (χ1) is 13.5. The van der Waals surface area contributed by atoms with Crippen LogP contribution in [0.15, 0.2) is 65.8 Å². The Kier molecular flexibility index (Phi) is 3.96. The minimum atomic E-state index is -0.710. The van der Waals surface area contributed by atoms with Gasteiger partial charge in [-0.3, -0.25) is 25.7 Å². The number of phenolic OH excluding ortho intramolecular Hbond substituents is 1. The van der Waals surface area contributed by atoms with Gasteiger partial charge in [0.1, 0.15) is 11.4 Å². The standard InChI is InChI=1S/C19H12N4O5/c24-12-6-7-14-13-3-1-2-4-15(13)19(16(14)10-12)21-20-17-8-5-11(22(25)26)9-18(17)23(27)28/h1-10,20,24H. The molecular weight excluding hydrogens is 364 g/mol. The highest BCUT2D eigenvalue weighted by atomic mass is 16.6. The van der Waals surface area contributed by atoms with Gasteiger partial charge in [0.25, 0.3) is 5.69 Å². The number of nitrogens with zero attached hydrogens (tertiary/aromatic N) is 3. The van der Waals surface area contributed by atoms with Gasteiger partial charge >= 0.3 is 5.69 Å². The van der Waals surface area contributed by atoms with Crippen molar-refractivity contribution in [1.29, 1.82) is 0 Å². The van der Waals surface area contributed by atoms with Crippen LogP contribution < -0.4 is 5.43 Å². The predicted octanol–water partition coefficient (Wildman–Crippen LogP) is 4.05. The molecule has 3 aromatic carbocycles. The monoisotopic (exact) mass is 376 g/mol. The number of hydrazone groups is 1. The van der Waals surface area contributed by atoms with Crippen molar-refractivity contribution in [3.05, 3.63) is 92.0 Å². The highest BCUT2D eigenvalue weighted by Crippen LogP contribution is 2.38. The van der Waals surface area contributed by atoms with Gasteiger partial charge in [-0.25, -0.2) is 0 Å². The number of hydrogen-bond acceptors (Lipinski definition) is 7. The van der Waals surface area contributed by atoms with E-state index >= 15 is 0 Å². The van der Waals surface area contributed by atoms with E-state index in [0.29, 0.717) is 11.3 Å². The van der Waals surface area contributed by atoms with Crippen molar-refractivity contribution in [2.75, 3.05) is 5.43 Å². The van der Waals surface area contributed by atoms with E-state index in [4.69, 9.17) is 0 Å². The number of nitrogens with one attached hydrogen (secondary N) is 1. The first-order valence-corrected chi connectivity index (χ1v) is 8.15. The molecule has 0 radical (unpaired) electrons. The number of nitro groups is 2. The SMILES string of the molecule is O=[N+]([O-])c1ccc(NN=C2c3ccccc3-c3ccc(O)cc32)c([N+](=O)[O-])c1. The van der Waals surface area contributed by atoms with Crippen LogP contribution in [0.25, 0.3) is 11.1 Å². The van der Waals surface area contributed by atoms with E-state index in [0.717, 1.165) is 28.8 Å². The van der Waals surface area contributed by atoms with Gasteiger partial charge in [-0.1, -0.05) is 30.3 Å². The Morgan fingerprint density at radius 3 is 2.25 bits per heavy atom. The molecule has 1 aliphatic carbocycles. The van der Waals surface area contributed by atoms with Gasteiger partial charge < -0.3 is 5.11 Å². The molecule has 0 atom stereocenters. The Balaban J connectivity index is 1.80. The fourth-order valence-electron chi connectivity index (χ4n) is 3.15. The molecule has 4 rings (SSSR count). The van der Waals surface area contributed by atoms with E-state index in [9.17, 15) is 25.3 Å². The minimum absolute atomic E-state index is 0.0224. The molecule has 2 N–H and O–H groups in total. The van der Waals surface area contributed by atoms with Gasteiger partial charge in [-0.2, -0.15) is 5.10 Å². The molecule has 9 nitrogen and oxygen atoms in total. The van der Waals surface area contributed by atoms with Crippen LogP contribution >= 0.6 is 0 Å². The summed E-state index contributed by atoms with van der Waals surface area (Å²) in [4.78, 5) is 20.8. The first kappa shape index (κ1) is 17.2. The number of non-ortho nitro benzene ring substituents is 1. The third-order valence-corrected chi connectivity index (χ3v) is 4.41. The number of benzene rings is 3. The molecule has 0 aliphatic heterocycles. The number of hydrogen-bond donors (Lipinski definition) is 2. The second-order valence-corrected chi connectivity index (χ2v) is 6.06. The van der Waals surface area contributed by atoms with E-state index in [1.54, 1.807) is 18.2 Å². The molecule has 0 fully saturated rings. The number of phenols is 1. The average Bonchev–Trinajstić information content (AvgIpc) is 2.98. The summed E-state index contributed by atoms with van der Waals surface area (Å²) in [5.74, 6) is 0.0700. The van der Waals surface area contributed by atoms with Gasteiger partial charge in [0.05, 0.1) is 21.6 Å². The molecule has 0 aromatic heterocycles. The summed E-state index contributed by atoms with van der Waals surface area (Å²) in [6, 6.07) is 15.7. The number of fused-ring (bicyclic) bond motifs is 3. The fraction of sp³-hybridized carbons (Fsp3) is 0. The highest BCUT2D eigenvalue weighted by Gasteiger charge is 2.26. The highest BCUT2D eigenvalue weighted by molar-refractivity contribution is 6.24. The molecule has 0 saturated heterocycles. The number of rotatable bonds is 4. The quantitative estimate of drug-likeness (QED) is 0.408. The molecule has 0 unspecified atom stereocenters.